The van der Waals surface area contributed by atoms with Crippen LogP contribution in [0.15, 0.2) is 70.7 Å². The number of hydrogen-bond acceptors (Lipinski definition) is 6. The van der Waals surface area contributed by atoms with Gasteiger partial charge in [0.15, 0.2) is 5.65 Å². The highest BCUT2D eigenvalue weighted by molar-refractivity contribution is 7.99. The van der Waals surface area contributed by atoms with Gasteiger partial charge in [-0.3, -0.25) is 4.79 Å². The molecule has 2 aromatic carbocycles. The number of anilines is 3. The van der Waals surface area contributed by atoms with Crippen LogP contribution in [0.1, 0.15) is 43.4 Å². The van der Waals surface area contributed by atoms with E-state index in [1.54, 1.807) is 18.1 Å². The number of pyridine rings is 1. The van der Waals surface area contributed by atoms with Gasteiger partial charge in [-0.05, 0) is 73.9 Å². The maximum atomic E-state index is 11.3. The third-order valence-corrected chi connectivity index (χ3v) is 6.92. The first-order chi connectivity index (χ1) is 16.0. The van der Waals surface area contributed by atoms with Gasteiger partial charge in [-0.2, -0.15) is 0 Å². The number of nitrogens with one attached hydrogen (secondary N) is 2. The van der Waals surface area contributed by atoms with Crippen molar-refractivity contribution < 1.29 is 4.79 Å². The summed E-state index contributed by atoms with van der Waals surface area (Å²) in [5.74, 6) is 1.24. The summed E-state index contributed by atoms with van der Waals surface area (Å²) in [5.41, 5.74) is 4.79. The van der Waals surface area contributed by atoms with E-state index < -0.39 is 0 Å². The van der Waals surface area contributed by atoms with Gasteiger partial charge in [0, 0.05) is 34.0 Å². The Morgan fingerprint density at radius 2 is 1.85 bits per heavy atom. The van der Waals surface area contributed by atoms with Gasteiger partial charge in [0.05, 0.1) is 11.1 Å². The molecule has 7 heteroatoms. The first kappa shape index (κ1) is 21.4. The summed E-state index contributed by atoms with van der Waals surface area (Å²) in [6, 6.07) is 18.4. The highest BCUT2D eigenvalue weighted by Crippen LogP contribution is 2.38. The average molecular weight is 456 g/mol. The van der Waals surface area contributed by atoms with Gasteiger partial charge in [-0.15, -0.1) is 0 Å². The third-order valence-electron chi connectivity index (χ3n) is 5.83. The standard InChI is InChI=1S/C26H25N5OS/c1-16-6-13-24(33-20-9-7-19(8-10-20)29-17(2)32)23(14-16)31-26-21-11-12-22(18-4-3-5-18)30-25(21)27-15-28-26/h6-15,18H,3-5H2,1-2H3,(H,29,32)(H,27,28,30,31). The molecule has 6 nitrogen and oxygen atoms in total. The fourth-order valence-electron chi connectivity index (χ4n) is 3.88. The Morgan fingerprint density at radius 3 is 2.58 bits per heavy atom. The quantitative estimate of drug-likeness (QED) is 0.348. The zero-order valence-corrected chi connectivity index (χ0v) is 19.4. The summed E-state index contributed by atoms with van der Waals surface area (Å²) in [6.45, 7) is 3.58. The minimum Gasteiger partial charge on any atom is -0.339 e. The fourth-order valence-corrected chi connectivity index (χ4v) is 4.76. The summed E-state index contributed by atoms with van der Waals surface area (Å²) >= 11 is 1.66. The molecule has 0 spiro atoms. The van der Waals surface area contributed by atoms with Crippen LogP contribution in [-0.4, -0.2) is 20.9 Å². The van der Waals surface area contributed by atoms with Crippen molar-refractivity contribution in [2.75, 3.05) is 10.6 Å². The summed E-state index contributed by atoms with van der Waals surface area (Å²) < 4.78 is 0. The molecule has 4 aromatic rings. The van der Waals surface area contributed by atoms with Crippen molar-refractivity contribution in [2.45, 2.75) is 48.8 Å². The van der Waals surface area contributed by atoms with Crippen LogP contribution in [0, 0.1) is 6.92 Å². The number of aromatic nitrogens is 3. The van der Waals surface area contributed by atoms with Crippen molar-refractivity contribution in [2.24, 2.45) is 0 Å². The molecule has 1 amide bonds. The molecule has 2 heterocycles. The Kier molecular flexibility index (Phi) is 5.96. The topological polar surface area (TPSA) is 79.8 Å². The molecule has 5 rings (SSSR count). The third kappa shape index (κ3) is 4.83. The number of amides is 1. The van der Waals surface area contributed by atoms with Crippen LogP contribution in [0.3, 0.4) is 0 Å². The average Bonchev–Trinajstić information content (AvgIpc) is 2.75. The Labute approximate surface area is 197 Å². The molecule has 2 aromatic heterocycles. The Balaban J connectivity index is 1.42. The molecular formula is C26H25N5OS. The van der Waals surface area contributed by atoms with Crippen LogP contribution >= 0.6 is 11.8 Å². The molecule has 0 atom stereocenters. The summed E-state index contributed by atoms with van der Waals surface area (Å²) in [5, 5.41) is 7.24. The van der Waals surface area contributed by atoms with Crippen molar-refractivity contribution in [3.05, 3.63) is 72.2 Å². The van der Waals surface area contributed by atoms with Crippen LogP contribution in [0.2, 0.25) is 0 Å². The SMILES string of the molecule is CC(=O)Nc1ccc(Sc2ccc(C)cc2Nc2ncnc3nc(C4CCC4)ccc23)cc1. The summed E-state index contributed by atoms with van der Waals surface area (Å²) in [4.78, 5) is 27.2. The van der Waals surface area contributed by atoms with E-state index in [0.29, 0.717) is 5.92 Å². The van der Waals surface area contributed by atoms with Gasteiger partial charge in [0.25, 0.3) is 0 Å². The predicted molar refractivity (Wildman–Crippen MR) is 133 cm³/mol. The van der Waals surface area contributed by atoms with E-state index in [-0.39, 0.29) is 5.91 Å². The molecule has 33 heavy (non-hydrogen) atoms. The van der Waals surface area contributed by atoms with Crippen LogP contribution < -0.4 is 10.6 Å². The van der Waals surface area contributed by atoms with E-state index in [4.69, 9.17) is 4.98 Å². The number of nitrogens with zero attached hydrogens (tertiary/aromatic N) is 3. The molecule has 0 bridgehead atoms. The van der Waals surface area contributed by atoms with Crippen LogP contribution in [0.25, 0.3) is 11.0 Å². The molecule has 166 valence electrons. The highest BCUT2D eigenvalue weighted by atomic mass is 32.2. The van der Waals surface area contributed by atoms with Crippen molar-refractivity contribution in [3.8, 4) is 0 Å². The monoisotopic (exact) mass is 455 g/mol. The second-order valence-electron chi connectivity index (χ2n) is 8.39. The minimum absolute atomic E-state index is 0.0770. The molecule has 1 fully saturated rings. The lowest BCUT2D eigenvalue weighted by Gasteiger charge is -2.24. The van der Waals surface area contributed by atoms with Gasteiger partial charge in [-0.25, -0.2) is 15.0 Å². The molecule has 0 saturated heterocycles. The molecular weight excluding hydrogens is 430 g/mol. The van der Waals surface area contributed by atoms with E-state index in [0.717, 1.165) is 49.3 Å². The fraction of sp³-hybridized carbons (Fsp3) is 0.231. The van der Waals surface area contributed by atoms with Gasteiger partial charge in [-0.1, -0.05) is 24.2 Å². The highest BCUT2D eigenvalue weighted by Gasteiger charge is 2.21. The van der Waals surface area contributed by atoms with Crippen molar-refractivity contribution >= 4 is 45.9 Å². The Bertz CT molecular complexity index is 1320. The zero-order valence-electron chi connectivity index (χ0n) is 18.6. The number of carbonyl (C=O) groups excluding carboxylic acids is 1. The Morgan fingerprint density at radius 1 is 1.03 bits per heavy atom. The smallest absolute Gasteiger partial charge is 0.221 e. The van der Waals surface area contributed by atoms with Crippen molar-refractivity contribution in [1.82, 2.24) is 15.0 Å². The maximum Gasteiger partial charge on any atom is 0.221 e. The maximum absolute atomic E-state index is 11.3. The van der Waals surface area contributed by atoms with E-state index in [9.17, 15) is 4.79 Å². The second kappa shape index (κ2) is 9.19. The normalized spacial score (nSPS) is 13.5. The first-order valence-electron chi connectivity index (χ1n) is 11.1. The van der Waals surface area contributed by atoms with Gasteiger partial charge < -0.3 is 10.6 Å². The molecule has 1 aliphatic rings. The number of rotatable bonds is 6. The molecule has 0 unspecified atom stereocenters. The molecule has 2 N–H and O–H groups in total. The van der Waals surface area contributed by atoms with E-state index in [1.165, 1.54) is 26.2 Å². The second-order valence-corrected chi connectivity index (χ2v) is 9.50. The van der Waals surface area contributed by atoms with Crippen molar-refractivity contribution in [1.29, 1.82) is 0 Å². The number of benzene rings is 2. The molecule has 1 aliphatic carbocycles. The number of carbonyl (C=O) groups is 1. The largest absolute Gasteiger partial charge is 0.339 e. The minimum atomic E-state index is -0.0770. The van der Waals surface area contributed by atoms with E-state index in [1.807, 2.05) is 24.3 Å². The lowest BCUT2D eigenvalue weighted by atomic mass is 9.82. The van der Waals surface area contributed by atoms with E-state index in [2.05, 4.69) is 57.9 Å². The van der Waals surface area contributed by atoms with Gasteiger partial charge in [0.1, 0.15) is 12.1 Å². The first-order valence-corrected chi connectivity index (χ1v) is 11.9. The predicted octanol–water partition coefficient (Wildman–Crippen LogP) is 6.45. The number of aryl methyl sites for hydroxylation is 1. The van der Waals surface area contributed by atoms with E-state index >= 15 is 0 Å². The zero-order chi connectivity index (χ0) is 22.8. The molecule has 1 saturated carbocycles. The summed E-state index contributed by atoms with van der Waals surface area (Å²) in [7, 11) is 0. The van der Waals surface area contributed by atoms with Gasteiger partial charge in [0.2, 0.25) is 5.91 Å². The van der Waals surface area contributed by atoms with Crippen LogP contribution in [0.4, 0.5) is 17.2 Å². The number of hydrogen-bond donors (Lipinski definition) is 2. The van der Waals surface area contributed by atoms with Gasteiger partial charge >= 0.3 is 0 Å². The number of fused-ring (bicyclic) bond motifs is 1. The lowest BCUT2D eigenvalue weighted by Crippen LogP contribution is -2.10. The summed E-state index contributed by atoms with van der Waals surface area (Å²) in [6.07, 6.45) is 5.28. The lowest BCUT2D eigenvalue weighted by molar-refractivity contribution is -0.114. The van der Waals surface area contributed by atoms with Crippen LogP contribution in [-0.2, 0) is 4.79 Å². The van der Waals surface area contributed by atoms with Crippen molar-refractivity contribution in [3.63, 3.8) is 0 Å². The molecule has 0 radical (unpaired) electrons. The Hall–Kier alpha value is -3.45. The molecule has 0 aliphatic heterocycles. The van der Waals surface area contributed by atoms with Crippen LogP contribution in [0.5, 0.6) is 0 Å².